The van der Waals surface area contributed by atoms with Crippen molar-refractivity contribution in [1.29, 1.82) is 0 Å². The molecule has 3 aromatic rings. The van der Waals surface area contributed by atoms with E-state index in [4.69, 9.17) is 0 Å². The normalized spacial score (nSPS) is 10.5. The molecule has 0 aliphatic rings. The molecule has 0 saturated carbocycles. The maximum atomic E-state index is 13.7. The Morgan fingerprint density at radius 1 is 1.00 bits per heavy atom. The zero-order valence-corrected chi connectivity index (χ0v) is 14.1. The molecule has 1 aromatic heterocycles. The Kier molecular flexibility index (Phi) is 4.66. The number of benzene rings is 2. The molecule has 2 N–H and O–H groups in total. The minimum absolute atomic E-state index is 0.0997. The van der Waals surface area contributed by atoms with Gasteiger partial charge < -0.3 is 10.6 Å². The average Bonchev–Trinajstić information content (AvgIpc) is 2.53. The molecule has 5 nitrogen and oxygen atoms in total. The summed E-state index contributed by atoms with van der Waals surface area (Å²) in [5, 5.41) is 13.5. The van der Waals surface area contributed by atoms with Crippen LogP contribution in [0.5, 0.6) is 0 Å². The van der Waals surface area contributed by atoms with Crippen molar-refractivity contribution in [3.8, 4) is 0 Å². The molecule has 0 aliphatic heterocycles. The zero-order chi connectivity index (χ0) is 17.1. The van der Waals surface area contributed by atoms with Crippen LogP contribution in [0.2, 0.25) is 0 Å². The Bertz CT molecular complexity index is 819. The summed E-state index contributed by atoms with van der Waals surface area (Å²) in [4.78, 5) is 4.22. The van der Waals surface area contributed by atoms with Crippen LogP contribution in [0.3, 0.4) is 0 Å². The minimum atomic E-state index is -0.716. The Hall–Kier alpha value is -2.61. The number of hydrogen-bond acceptors (Lipinski definition) is 5. The van der Waals surface area contributed by atoms with Gasteiger partial charge in [0.1, 0.15) is 11.6 Å². The molecule has 2 aromatic carbocycles. The molecule has 0 fully saturated rings. The van der Waals surface area contributed by atoms with E-state index >= 15 is 0 Å². The number of aromatic nitrogens is 3. The second-order valence-corrected chi connectivity index (χ2v) is 5.91. The van der Waals surface area contributed by atoms with Gasteiger partial charge in [0, 0.05) is 16.2 Å². The highest BCUT2D eigenvalue weighted by atomic mass is 79.9. The minimum Gasteiger partial charge on any atom is -0.336 e. The highest BCUT2D eigenvalue weighted by Gasteiger charge is 2.07. The molecular formula is C16H12BrF2N5. The van der Waals surface area contributed by atoms with Gasteiger partial charge in [-0.25, -0.2) is 8.78 Å². The molecule has 0 saturated heterocycles. The van der Waals surface area contributed by atoms with Gasteiger partial charge in [0.25, 0.3) is 0 Å². The van der Waals surface area contributed by atoms with Gasteiger partial charge in [-0.15, -0.1) is 5.10 Å². The first kappa shape index (κ1) is 16.3. The van der Waals surface area contributed by atoms with Gasteiger partial charge in [-0.05, 0) is 42.8 Å². The van der Waals surface area contributed by atoms with Crippen LogP contribution in [-0.4, -0.2) is 15.2 Å². The van der Waals surface area contributed by atoms with Crippen LogP contribution in [-0.2, 0) is 0 Å². The van der Waals surface area contributed by atoms with E-state index in [9.17, 15) is 8.78 Å². The van der Waals surface area contributed by atoms with E-state index in [1.54, 1.807) is 0 Å². The van der Waals surface area contributed by atoms with Gasteiger partial charge in [0.05, 0.1) is 11.9 Å². The van der Waals surface area contributed by atoms with Gasteiger partial charge in [0.15, 0.2) is 5.82 Å². The molecule has 0 unspecified atom stereocenters. The summed E-state index contributed by atoms with van der Waals surface area (Å²) >= 11 is 3.40. The largest absolute Gasteiger partial charge is 0.336 e. The number of nitrogens with zero attached hydrogens (tertiary/aromatic N) is 3. The second kappa shape index (κ2) is 6.88. The third kappa shape index (κ3) is 3.83. The fourth-order valence-corrected chi connectivity index (χ4v) is 2.51. The van der Waals surface area contributed by atoms with Gasteiger partial charge in [-0.3, -0.25) is 0 Å². The predicted octanol–water partition coefficient (Wildman–Crippen LogP) is 4.71. The molecule has 3 rings (SSSR count). The fourth-order valence-electron chi connectivity index (χ4n) is 2.03. The number of rotatable bonds is 4. The fraction of sp³-hybridized carbons (Fsp3) is 0.0625. The summed E-state index contributed by atoms with van der Waals surface area (Å²) in [5.41, 5.74) is 1.92. The lowest BCUT2D eigenvalue weighted by Crippen LogP contribution is -2.04. The monoisotopic (exact) mass is 391 g/mol. The van der Waals surface area contributed by atoms with Crippen molar-refractivity contribution in [3.63, 3.8) is 0 Å². The average molecular weight is 392 g/mol. The Labute approximate surface area is 145 Å². The van der Waals surface area contributed by atoms with Gasteiger partial charge >= 0.3 is 0 Å². The molecule has 0 bridgehead atoms. The summed E-state index contributed by atoms with van der Waals surface area (Å²) in [6, 6.07) is 8.96. The summed E-state index contributed by atoms with van der Waals surface area (Å²) in [5.74, 6) is -0.820. The van der Waals surface area contributed by atoms with E-state index in [2.05, 4.69) is 41.7 Å². The van der Waals surface area contributed by atoms with Crippen molar-refractivity contribution in [3.05, 3.63) is 64.3 Å². The predicted molar refractivity (Wildman–Crippen MR) is 91.6 cm³/mol. The molecule has 0 spiro atoms. The lowest BCUT2D eigenvalue weighted by Gasteiger charge is -2.10. The molecule has 0 amide bonds. The third-order valence-corrected chi connectivity index (χ3v) is 3.68. The summed E-state index contributed by atoms with van der Waals surface area (Å²) < 4.78 is 27.6. The van der Waals surface area contributed by atoms with Crippen LogP contribution in [0.1, 0.15) is 5.56 Å². The molecular weight excluding hydrogens is 380 g/mol. The first-order chi connectivity index (χ1) is 11.5. The molecule has 0 aliphatic carbocycles. The molecule has 0 radical (unpaired) electrons. The van der Waals surface area contributed by atoms with Crippen molar-refractivity contribution >= 4 is 39.1 Å². The maximum absolute atomic E-state index is 13.7. The number of nitrogens with one attached hydrogen (secondary N) is 2. The first-order valence-corrected chi connectivity index (χ1v) is 7.75. The number of aryl methyl sites for hydroxylation is 1. The Morgan fingerprint density at radius 3 is 2.54 bits per heavy atom. The smallest absolute Gasteiger partial charge is 0.249 e. The summed E-state index contributed by atoms with van der Waals surface area (Å²) in [6.45, 7) is 1.94. The topological polar surface area (TPSA) is 62.7 Å². The first-order valence-electron chi connectivity index (χ1n) is 6.96. The molecule has 24 heavy (non-hydrogen) atoms. The third-order valence-electron chi connectivity index (χ3n) is 3.19. The van der Waals surface area contributed by atoms with Crippen molar-refractivity contribution in [2.75, 3.05) is 10.6 Å². The Morgan fingerprint density at radius 2 is 1.79 bits per heavy atom. The second-order valence-electron chi connectivity index (χ2n) is 5.00. The van der Waals surface area contributed by atoms with Crippen LogP contribution < -0.4 is 10.6 Å². The van der Waals surface area contributed by atoms with E-state index in [0.29, 0.717) is 0 Å². The van der Waals surface area contributed by atoms with E-state index in [1.807, 2.05) is 25.1 Å². The van der Waals surface area contributed by atoms with Gasteiger partial charge in [0.2, 0.25) is 5.95 Å². The molecule has 1 heterocycles. The van der Waals surface area contributed by atoms with Crippen molar-refractivity contribution in [2.24, 2.45) is 0 Å². The van der Waals surface area contributed by atoms with Crippen LogP contribution >= 0.6 is 15.9 Å². The van der Waals surface area contributed by atoms with Crippen LogP contribution in [0.15, 0.2) is 47.1 Å². The molecule has 122 valence electrons. The maximum Gasteiger partial charge on any atom is 0.249 e. The van der Waals surface area contributed by atoms with E-state index in [-0.39, 0.29) is 17.5 Å². The lowest BCUT2D eigenvalue weighted by molar-refractivity contribution is 0.586. The quantitative estimate of drug-likeness (QED) is 0.674. The summed E-state index contributed by atoms with van der Waals surface area (Å²) in [7, 11) is 0. The number of anilines is 4. The highest BCUT2D eigenvalue weighted by molar-refractivity contribution is 9.10. The standard InChI is InChI=1S/C16H12BrF2N5/c1-9-6-10(17)2-4-13(9)22-16-23-15(8-20-24-16)21-14-5-3-11(18)7-12(14)19/h2-8H,1H3,(H2,21,22,23,24). The zero-order valence-electron chi connectivity index (χ0n) is 12.5. The number of hydrogen-bond donors (Lipinski definition) is 2. The molecule has 0 atom stereocenters. The highest BCUT2D eigenvalue weighted by Crippen LogP contribution is 2.23. The van der Waals surface area contributed by atoms with E-state index in [0.717, 1.165) is 27.9 Å². The van der Waals surface area contributed by atoms with Gasteiger partial charge in [-0.1, -0.05) is 15.9 Å². The van der Waals surface area contributed by atoms with E-state index < -0.39 is 11.6 Å². The van der Waals surface area contributed by atoms with E-state index in [1.165, 1.54) is 12.3 Å². The SMILES string of the molecule is Cc1cc(Br)ccc1Nc1nncc(Nc2ccc(F)cc2F)n1. The number of halogens is 3. The van der Waals surface area contributed by atoms with Crippen LogP contribution in [0, 0.1) is 18.6 Å². The van der Waals surface area contributed by atoms with Crippen molar-refractivity contribution < 1.29 is 8.78 Å². The lowest BCUT2D eigenvalue weighted by atomic mass is 10.2. The molecule has 8 heteroatoms. The summed E-state index contributed by atoms with van der Waals surface area (Å²) in [6.07, 6.45) is 1.35. The van der Waals surface area contributed by atoms with Crippen LogP contribution in [0.25, 0.3) is 0 Å². The Balaban J connectivity index is 1.81. The van der Waals surface area contributed by atoms with Crippen molar-refractivity contribution in [1.82, 2.24) is 15.2 Å². The van der Waals surface area contributed by atoms with Crippen molar-refractivity contribution in [2.45, 2.75) is 6.92 Å². The van der Waals surface area contributed by atoms with Crippen LogP contribution in [0.4, 0.5) is 31.9 Å². The van der Waals surface area contributed by atoms with Gasteiger partial charge in [-0.2, -0.15) is 10.1 Å².